The first-order chi connectivity index (χ1) is 19.3. The molecule has 2 aromatic carbocycles. The van der Waals surface area contributed by atoms with Crippen LogP contribution in [-0.4, -0.2) is 63.7 Å². The maximum Gasteiger partial charge on any atom is 0.277 e. The quantitative estimate of drug-likeness (QED) is 0.284. The van der Waals surface area contributed by atoms with E-state index in [0.717, 1.165) is 37.1 Å². The Kier molecular flexibility index (Phi) is 8.34. The summed E-state index contributed by atoms with van der Waals surface area (Å²) in [5.74, 6) is 1.58. The van der Waals surface area contributed by atoms with Gasteiger partial charge in [0.1, 0.15) is 11.6 Å². The molecule has 0 aliphatic heterocycles. The van der Waals surface area contributed by atoms with E-state index in [9.17, 15) is 18.3 Å². The fourth-order valence-electron chi connectivity index (χ4n) is 5.41. The zero-order valence-corrected chi connectivity index (χ0v) is 23.7. The summed E-state index contributed by atoms with van der Waals surface area (Å²) in [6.45, 7) is 3.82. The number of rotatable bonds is 11. The highest BCUT2D eigenvalue weighted by molar-refractivity contribution is 7.89. The van der Waals surface area contributed by atoms with Crippen LogP contribution in [0.3, 0.4) is 0 Å². The van der Waals surface area contributed by atoms with Crippen LogP contribution in [0.25, 0.3) is 16.9 Å². The summed E-state index contributed by atoms with van der Waals surface area (Å²) >= 11 is 0. The molecule has 11 heteroatoms. The van der Waals surface area contributed by atoms with E-state index < -0.39 is 10.0 Å². The molecule has 0 radical (unpaired) electrons. The summed E-state index contributed by atoms with van der Waals surface area (Å²) in [7, 11) is -3.99. The van der Waals surface area contributed by atoms with Crippen LogP contribution in [0.2, 0.25) is 0 Å². The Morgan fingerprint density at radius 1 is 1.12 bits per heavy atom. The number of imidazole rings is 1. The van der Waals surface area contributed by atoms with Crippen molar-refractivity contribution in [1.82, 2.24) is 23.9 Å². The largest absolute Gasteiger partial charge is 0.493 e. The van der Waals surface area contributed by atoms with Crippen LogP contribution in [0, 0.1) is 6.92 Å². The number of aryl methyl sites for hydroxylation is 1. The average Bonchev–Trinajstić information content (AvgIpc) is 3.60. The van der Waals surface area contributed by atoms with E-state index in [1.807, 2.05) is 37.3 Å². The maximum atomic E-state index is 13.8. The average molecular weight is 566 g/mol. The Labute approximate surface area is 233 Å². The SMILES string of the molecule is CCOc1ccc(S(=O)(=O)N(CCO)CCc2ccccc2)cc1-c1nn2c(C3CCCC3)nc(C)c2c(=O)[nH]1. The molecule has 2 heterocycles. The number of aliphatic hydroxyl groups excluding tert-OH is 1. The predicted molar refractivity (Wildman–Crippen MR) is 152 cm³/mol. The topological polar surface area (TPSA) is 130 Å². The Morgan fingerprint density at radius 3 is 2.58 bits per heavy atom. The molecule has 0 amide bonds. The number of aromatic amines is 1. The van der Waals surface area contributed by atoms with Crippen molar-refractivity contribution in [3.8, 4) is 17.1 Å². The molecule has 40 heavy (non-hydrogen) atoms. The van der Waals surface area contributed by atoms with Gasteiger partial charge in [0.15, 0.2) is 11.3 Å². The van der Waals surface area contributed by atoms with Gasteiger partial charge in [-0.2, -0.15) is 4.31 Å². The zero-order valence-electron chi connectivity index (χ0n) is 22.8. The third kappa shape index (κ3) is 5.54. The number of sulfonamides is 1. The minimum absolute atomic E-state index is 0.0213. The van der Waals surface area contributed by atoms with E-state index in [4.69, 9.17) is 14.8 Å². The number of ether oxygens (including phenoxy) is 1. The lowest BCUT2D eigenvalue weighted by Crippen LogP contribution is -2.35. The molecule has 0 unspecified atom stereocenters. The molecule has 1 fully saturated rings. The van der Waals surface area contributed by atoms with E-state index in [2.05, 4.69) is 4.98 Å². The third-order valence-corrected chi connectivity index (χ3v) is 9.30. The van der Waals surface area contributed by atoms with Crippen LogP contribution in [0.1, 0.15) is 55.6 Å². The predicted octanol–water partition coefficient (Wildman–Crippen LogP) is 3.68. The van der Waals surface area contributed by atoms with Crippen molar-refractivity contribution in [2.75, 3.05) is 26.3 Å². The lowest BCUT2D eigenvalue weighted by atomic mass is 10.1. The molecule has 212 valence electrons. The number of hydrogen-bond acceptors (Lipinski definition) is 7. The van der Waals surface area contributed by atoms with Crippen molar-refractivity contribution in [2.45, 2.75) is 56.8 Å². The Morgan fingerprint density at radius 2 is 1.88 bits per heavy atom. The molecule has 0 saturated heterocycles. The molecule has 2 aromatic heterocycles. The van der Waals surface area contributed by atoms with Gasteiger partial charge in [0.05, 0.1) is 29.4 Å². The van der Waals surface area contributed by atoms with Crippen molar-refractivity contribution in [2.24, 2.45) is 0 Å². The van der Waals surface area contributed by atoms with Gasteiger partial charge in [-0.1, -0.05) is 43.2 Å². The highest BCUT2D eigenvalue weighted by Gasteiger charge is 2.28. The first-order valence-corrected chi connectivity index (χ1v) is 15.2. The maximum absolute atomic E-state index is 13.8. The van der Waals surface area contributed by atoms with Crippen molar-refractivity contribution in [3.63, 3.8) is 0 Å². The van der Waals surface area contributed by atoms with Crippen LogP contribution in [0.5, 0.6) is 5.75 Å². The standard InChI is InChI=1S/C29H35N5O5S/c1-3-39-25-14-13-23(40(37,38)33(17-18-35)16-15-21-9-5-4-6-10-21)19-24(25)27-31-29(36)26-20(2)30-28(34(26)32-27)22-11-7-8-12-22/h4-6,9-10,13-14,19,22,35H,3,7-8,11-12,15-18H2,1-2H3,(H,31,32,36). The highest BCUT2D eigenvalue weighted by atomic mass is 32.2. The molecule has 10 nitrogen and oxygen atoms in total. The number of H-pyrrole nitrogens is 1. The molecule has 1 saturated carbocycles. The molecular formula is C29H35N5O5S. The number of aliphatic hydroxyl groups is 1. The summed E-state index contributed by atoms with van der Waals surface area (Å²) in [5.41, 5.74) is 2.01. The third-order valence-electron chi connectivity index (χ3n) is 7.41. The lowest BCUT2D eigenvalue weighted by molar-refractivity contribution is 0.254. The summed E-state index contributed by atoms with van der Waals surface area (Å²) < 4.78 is 36.3. The molecule has 0 atom stereocenters. The minimum Gasteiger partial charge on any atom is -0.493 e. The number of fused-ring (bicyclic) bond motifs is 1. The fraction of sp³-hybridized carbons (Fsp3) is 0.414. The second kappa shape index (κ2) is 11.9. The van der Waals surface area contributed by atoms with Gasteiger partial charge in [0.2, 0.25) is 10.0 Å². The summed E-state index contributed by atoms with van der Waals surface area (Å²) in [5, 5.41) is 14.4. The van der Waals surface area contributed by atoms with Gasteiger partial charge in [0, 0.05) is 19.0 Å². The molecular weight excluding hydrogens is 530 g/mol. The number of aromatic nitrogens is 4. The van der Waals surface area contributed by atoms with Gasteiger partial charge in [0.25, 0.3) is 5.56 Å². The monoisotopic (exact) mass is 565 g/mol. The van der Waals surface area contributed by atoms with Crippen LogP contribution >= 0.6 is 0 Å². The Hall–Kier alpha value is -3.54. The van der Waals surface area contributed by atoms with Crippen molar-refractivity contribution in [1.29, 1.82) is 0 Å². The highest BCUT2D eigenvalue weighted by Crippen LogP contribution is 2.35. The number of benzene rings is 2. The van der Waals surface area contributed by atoms with Crippen molar-refractivity contribution in [3.05, 3.63) is 76.0 Å². The summed E-state index contributed by atoms with van der Waals surface area (Å²) in [6.07, 6.45) is 4.70. The number of nitrogens with one attached hydrogen (secondary N) is 1. The first kappa shape index (κ1) is 28.0. The van der Waals surface area contributed by atoms with Gasteiger partial charge < -0.3 is 14.8 Å². The zero-order chi connectivity index (χ0) is 28.3. The second-order valence-electron chi connectivity index (χ2n) is 10.1. The molecule has 0 spiro atoms. The van der Waals surface area contributed by atoms with E-state index in [1.165, 1.54) is 16.4 Å². The van der Waals surface area contributed by atoms with Gasteiger partial charge in [-0.25, -0.2) is 17.9 Å². The van der Waals surface area contributed by atoms with Gasteiger partial charge in [-0.15, -0.1) is 5.10 Å². The van der Waals surface area contributed by atoms with E-state index in [0.29, 0.717) is 35.6 Å². The number of nitrogens with zero attached hydrogens (tertiary/aromatic N) is 4. The van der Waals surface area contributed by atoms with Crippen molar-refractivity contribution >= 4 is 15.5 Å². The van der Waals surface area contributed by atoms with Crippen LogP contribution < -0.4 is 10.3 Å². The molecule has 0 bridgehead atoms. The molecule has 1 aliphatic carbocycles. The summed E-state index contributed by atoms with van der Waals surface area (Å²) in [6, 6.07) is 14.1. The van der Waals surface area contributed by atoms with Crippen LogP contribution in [0.15, 0.2) is 58.2 Å². The van der Waals surface area contributed by atoms with Gasteiger partial charge in [-0.3, -0.25) is 4.79 Å². The molecule has 4 aromatic rings. The van der Waals surface area contributed by atoms with Crippen molar-refractivity contribution < 1.29 is 18.3 Å². The lowest BCUT2D eigenvalue weighted by Gasteiger charge is -2.22. The molecule has 2 N–H and O–H groups in total. The normalized spacial score (nSPS) is 14.4. The fourth-order valence-corrected chi connectivity index (χ4v) is 6.87. The smallest absolute Gasteiger partial charge is 0.277 e. The van der Waals surface area contributed by atoms with E-state index in [-0.39, 0.29) is 41.9 Å². The Bertz CT molecular complexity index is 1640. The molecule has 1 aliphatic rings. The van der Waals surface area contributed by atoms with E-state index >= 15 is 0 Å². The van der Waals surface area contributed by atoms with Crippen LogP contribution in [0.4, 0.5) is 0 Å². The second-order valence-corrected chi connectivity index (χ2v) is 12.0. The van der Waals surface area contributed by atoms with Crippen LogP contribution in [-0.2, 0) is 16.4 Å². The molecule has 5 rings (SSSR count). The Balaban J connectivity index is 1.57. The van der Waals surface area contributed by atoms with E-state index in [1.54, 1.807) is 17.5 Å². The van der Waals surface area contributed by atoms with Gasteiger partial charge in [-0.05, 0) is 56.9 Å². The van der Waals surface area contributed by atoms with Gasteiger partial charge >= 0.3 is 0 Å². The number of hydrogen-bond donors (Lipinski definition) is 2. The first-order valence-electron chi connectivity index (χ1n) is 13.7. The summed E-state index contributed by atoms with van der Waals surface area (Å²) in [4.78, 5) is 20.8. The minimum atomic E-state index is -3.99.